The standard InChI is InChI=1S/C21H26N2O5/c1-28-17-6-4-14(5-7-17)10-22-11-15(9-18(22)24)19(25)23-12-16-3-2-8-21(16,13-23)20(26)27/h4-7,15-16H,2-3,8-13H2,1H3,(H,26,27)/t15?,16-,21+/m0/s1. The van der Waals surface area contributed by atoms with Gasteiger partial charge in [0.15, 0.2) is 0 Å². The molecule has 3 fully saturated rings. The molecule has 2 aliphatic heterocycles. The van der Waals surface area contributed by atoms with Gasteiger partial charge in [0.1, 0.15) is 5.75 Å². The van der Waals surface area contributed by atoms with E-state index in [1.165, 1.54) is 0 Å². The molecule has 150 valence electrons. The Morgan fingerprint density at radius 3 is 2.64 bits per heavy atom. The van der Waals surface area contributed by atoms with E-state index in [0.717, 1.165) is 24.2 Å². The summed E-state index contributed by atoms with van der Waals surface area (Å²) in [5.41, 5.74) is 0.212. The van der Waals surface area contributed by atoms with Crippen LogP contribution in [-0.2, 0) is 20.9 Å². The van der Waals surface area contributed by atoms with E-state index in [0.29, 0.717) is 26.1 Å². The van der Waals surface area contributed by atoms with Crippen molar-refractivity contribution in [3.05, 3.63) is 29.8 Å². The molecule has 2 saturated heterocycles. The third-order valence-electron chi connectivity index (χ3n) is 6.70. The van der Waals surface area contributed by atoms with Gasteiger partial charge in [-0.25, -0.2) is 0 Å². The van der Waals surface area contributed by atoms with Gasteiger partial charge in [-0.05, 0) is 36.5 Å². The SMILES string of the molecule is COc1ccc(CN2CC(C(=O)N3C[C@@H]4CCC[C@@]4(C(=O)O)C3)CC2=O)cc1. The van der Waals surface area contributed by atoms with Gasteiger partial charge in [-0.3, -0.25) is 14.4 Å². The number of ether oxygens (including phenoxy) is 1. The van der Waals surface area contributed by atoms with Crippen LogP contribution in [0.5, 0.6) is 5.75 Å². The van der Waals surface area contributed by atoms with E-state index in [-0.39, 0.29) is 36.6 Å². The number of methoxy groups -OCH3 is 1. The van der Waals surface area contributed by atoms with Crippen LogP contribution in [0.4, 0.5) is 0 Å². The Morgan fingerprint density at radius 1 is 1.25 bits per heavy atom. The lowest BCUT2D eigenvalue weighted by atomic mass is 9.81. The van der Waals surface area contributed by atoms with Crippen molar-refractivity contribution in [1.82, 2.24) is 9.80 Å². The topological polar surface area (TPSA) is 87.2 Å². The maximum atomic E-state index is 13.0. The summed E-state index contributed by atoms with van der Waals surface area (Å²) in [4.78, 5) is 40.7. The molecule has 3 aliphatic rings. The summed E-state index contributed by atoms with van der Waals surface area (Å²) < 4.78 is 5.15. The summed E-state index contributed by atoms with van der Waals surface area (Å²) in [6.45, 7) is 1.66. The molecule has 2 heterocycles. The second-order valence-electron chi connectivity index (χ2n) is 8.29. The lowest BCUT2D eigenvalue weighted by molar-refractivity contribution is -0.149. The van der Waals surface area contributed by atoms with Gasteiger partial charge < -0.3 is 19.6 Å². The Labute approximate surface area is 164 Å². The van der Waals surface area contributed by atoms with Crippen LogP contribution in [0.15, 0.2) is 24.3 Å². The molecule has 28 heavy (non-hydrogen) atoms. The molecule has 1 aliphatic carbocycles. The third-order valence-corrected chi connectivity index (χ3v) is 6.70. The van der Waals surface area contributed by atoms with Crippen LogP contribution < -0.4 is 4.74 Å². The molecule has 2 amide bonds. The molecule has 1 aromatic carbocycles. The summed E-state index contributed by atoms with van der Waals surface area (Å²) in [7, 11) is 1.61. The minimum atomic E-state index is -0.783. The highest BCUT2D eigenvalue weighted by molar-refractivity contribution is 5.90. The Hall–Kier alpha value is -2.57. The molecule has 7 nitrogen and oxygen atoms in total. The second-order valence-corrected chi connectivity index (χ2v) is 8.29. The molecule has 1 unspecified atom stereocenters. The number of hydrogen-bond donors (Lipinski definition) is 1. The second kappa shape index (κ2) is 7.11. The molecule has 1 aromatic rings. The zero-order valence-electron chi connectivity index (χ0n) is 16.1. The lowest BCUT2D eigenvalue weighted by Crippen LogP contribution is -2.40. The van der Waals surface area contributed by atoms with Crippen molar-refractivity contribution in [1.29, 1.82) is 0 Å². The molecule has 3 atom stereocenters. The molecule has 4 rings (SSSR count). The fourth-order valence-electron chi connectivity index (χ4n) is 5.11. The van der Waals surface area contributed by atoms with Gasteiger partial charge >= 0.3 is 5.97 Å². The van der Waals surface area contributed by atoms with Crippen molar-refractivity contribution in [2.24, 2.45) is 17.3 Å². The fourth-order valence-corrected chi connectivity index (χ4v) is 5.11. The summed E-state index contributed by atoms with van der Waals surface area (Å²) >= 11 is 0. The molecule has 0 bridgehead atoms. The van der Waals surface area contributed by atoms with Crippen molar-refractivity contribution < 1.29 is 24.2 Å². The molecule has 1 saturated carbocycles. The molecule has 1 N–H and O–H groups in total. The Balaban J connectivity index is 1.40. The van der Waals surface area contributed by atoms with Crippen LogP contribution >= 0.6 is 0 Å². The Morgan fingerprint density at radius 2 is 2.00 bits per heavy atom. The van der Waals surface area contributed by atoms with Crippen molar-refractivity contribution in [2.75, 3.05) is 26.7 Å². The zero-order valence-corrected chi connectivity index (χ0v) is 16.1. The van der Waals surface area contributed by atoms with Crippen molar-refractivity contribution in [3.8, 4) is 5.75 Å². The predicted molar refractivity (Wildman–Crippen MR) is 101 cm³/mol. The molecular formula is C21H26N2O5. The van der Waals surface area contributed by atoms with Crippen LogP contribution in [0.3, 0.4) is 0 Å². The number of nitrogens with zero attached hydrogens (tertiary/aromatic N) is 2. The third kappa shape index (κ3) is 3.12. The average molecular weight is 386 g/mol. The fraction of sp³-hybridized carbons (Fsp3) is 0.571. The van der Waals surface area contributed by atoms with E-state index in [1.807, 2.05) is 24.3 Å². The maximum Gasteiger partial charge on any atom is 0.311 e. The van der Waals surface area contributed by atoms with Crippen molar-refractivity contribution in [3.63, 3.8) is 0 Å². The van der Waals surface area contributed by atoms with Crippen LogP contribution in [0.2, 0.25) is 0 Å². The summed E-state index contributed by atoms with van der Waals surface area (Å²) in [5.74, 6) is -0.454. The highest BCUT2D eigenvalue weighted by atomic mass is 16.5. The number of likely N-dealkylation sites (tertiary alicyclic amines) is 2. The molecule has 7 heteroatoms. The number of hydrogen-bond acceptors (Lipinski definition) is 4. The Bertz CT molecular complexity index is 792. The quantitative estimate of drug-likeness (QED) is 0.833. The largest absolute Gasteiger partial charge is 0.497 e. The van der Waals surface area contributed by atoms with E-state index < -0.39 is 11.4 Å². The van der Waals surface area contributed by atoms with Crippen LogP contribution in [0.25, 0.3) is 0 Å². The van der Waals surface area contributed by atoms with Gasteiger partial charge in [-0.1, -0.05) is 18.6 Å². The first kappa shape index (κ1) is 18.8. The normalized spacial score (nSPS) is 29.2. The van der Waals surface area contributed by atoms with E-state index in [2.05, 4.69) is 0 Å². The maximum absolute atomic E-state index is 13.0. The number of carboxylic acids is 1. The van der Waals surface area contributed by atoms with Gasteiger partial charge in [0.2, 0.25) is 11.8 Å². The monoisotopic (exact) mass is 386 g/mol. The van der Waals surface area contributed by atoms with Crippen molar-refractivity contribution >= 4 is 17.8 Å². The number of amides is 2. The molecular weight excluding hydrogens is 360 g/mol. The number of fused-ring (bicyclic) bond motifs is 1. The number of rotatable bonds is 5. The average Bonchev–Trinajstić information content (AvgIpc) is 3.35. The molecule has 0 radical (unpaired) electrons. The summed E-state index contributed by atoms with van der Waals surface area (Å²) in [6, 6.07) is 7.54. The number of aliphatic carboxylic acids is 1. The number of carbonyl (C=O) groups excluding carboxylic acids is 2. The van der Waals surface area contributed by atoms with Gasteiger partial charge in [-0.2, -0.15) is 0 Å². The number of carboxylic acid groups (broad SMARTS) is 1. The predicted octanol–water partition coefficient (Wildman–Crippen LogP) is 1.76. The van der Waals surface area contributed by atoms with Crippen molar-refractivity contribution in [2.45, 2.75) is 32.2 Å². The van der Waals surface area contributed by atoms with E-state index in [9.17, 15) is 19.5 Å². The van der Waals surface area contributed by atoms with Gasteiger partial charge in [0.25, 0.3) is 0 Å². The lowest BCUT2D eigenvalue weighted by Gasteiger charge is -2.24. The number of carbonyl (C=O) groups is 3. The first-order valence-electron chi connectivity index (χ1n) is 9.86. The first-order chi connectivity index (χ1) is 13.4. The number of benzene rings is 1. The van der Waals surface area contributed by atoms with Gasteiger partial charge in [0, 0.05) is 32.6 Å². The van der Waals surface area contributed by atoms with E-state index >= 15 is 0 Å². The molecule has 0 spiro atoms. The van der Waals surface area contributed by atoms with Gasteiger partial charge in [-0.15, -0.1) is 0 Å². The molecule has 0 aromatic heterocycles. The minimum Gasteiger partial charge on any atom is -0.497 e. The smallest absolute Gasteiger partial charge is 0.311 e. The summed E-state index contributed by atoms with van der Waals surface area (Å²) in [5, 5.41) is 9.72. The van der Waals surface area contributed by atoms with Crippen LogP contribution in [-0.4, -0.2) is 59.4 Å². The van der Waals surface area contributed by atoms with E-state index in [4.69, 9.17) is 4.74 Å². The Kier molecular flexibility index (Phi) is 4.77. The van der Waals surface area contributed by atoms with E-state index in [1.54, 1.807) is 16.9 Å². The van der Waals surface area contributed by atoms with Crippen LogP contribution in [0, 0.1) is 17.3 Å². The van der Waals surface area contributed by atoms with Crippen LogP contribution in [0.1, 0.15) is 31.2 Å². The minimum absolute atomic E-state index is 0.0264. The highest BCUT2D eigenvalue weighted by Crippen LogP contribution is 2.49. The highest BCUT2D eigenvalue weighted by Gasteiger charge is 2.56. The summed E-state index contributed by atoms with van der Waals surface area (Å²) in [6.07, 6.45) is 2.63. The van der Waals surface area contributed by atoms with Gasteiger partial charge in [0.05, 0.1) is 18.4 Å². The zero-order chi connectivity index (χ0) is 19.9. The first-order valence-corrected chi connectivity index (χ1v) is 9.86.